The number of thioether (sulfide) groups is 1. The lowest BCUT2D eigenvalue weighted by Gasteiger charge is -2.29. The molecule has 0 aromatic carbocycles. The van der Waals surface area contributed by atoms with E-state index in [9.17, 15) is 0 Å². The average Bonchev–Trinajstić information content (AvgIpc) is 2.62. The number of rotatable bonds is 3. The molecule has 1 aliphatic rings. The van der Waals surface area contributed by atoms with Crippen LogP contribution in [0.5, 0.6) is 0 Å². The number of hydrogen-bond acceptors (Lipinski definition) is 4. The third-order valence-electron chi connectivity index (χ3n) is 3.45. The maximum Gasteiger partial charge on any atom is 0.191 e. The Bertz CT molecular complexity index is 350. The molecule has 1 aromatic heterocycles. The fourth-order valence-corrected chi connectivity index (χ4v) is 3.60. The first-order chi connectivity index (χ1) is 7.72. The van der Waals surface area contributed by atoms with Gasteiger partial charge in [0.2, 0.25) is 0 Å². The van der Waals surface area contributed by atoms with Crippen molar-refractivity contribution in [3.63, 3.8) is 0 Å². The van der Waals surface area contributed by atoms with Crippen molar-refractivity contribution in [2.24, 2.45) is 18.7 Å². The smallest absolute Gasteiger partial charge is 0.191 e. The van der Waals surface area contributed by atoms with E-state index in [4.69, 9.17) is 5.73 Å². The number of aryl methyl sites for hydroxylation is 1. The molecule has 0 aliphatic heterocycles. The van der Waals surface area contributed by atoms with E-state index in [-0.39, 0.29) is 0 Å². The molecule has 16 heavy (non-hydrogen) atoms. The lowest BCUT2D eigenvalue weighted by atomic mass is 9.89. The fraction of sp³-hybridized carbons (Fsp3) is 0.818. The van der Waals surface area contributed by atoms with Crippen molar-refractivity contribution in [1.29, 1.82) is 0 Å². The Morgan fingerprint density at radius 3 is 2.75 bits per heavy atom. The van der Waals surface area contributed by atoms with Gasteiger partial charge in [-0.1, -0.05) is 24.6 Å². The maximum absolute atomic E-state index is 5.83. The first-order valence-electron chi connectivity index (χ1n) is 5.95. The molecule has 0 bridgehead atoms. The topological polar surface area (TPSA) is 56.7 Å². The van der Waals surface area contributed by atoms with E-state index in [0.717, 1.165) is 17.5 Å². The molecule has 2 N–H and O–H groups in total. The van der Waals surface area contributed by atoms with Crippen molar-refractivity contribution in [3.8, 4) is 0 Å². The van der Waals surface area contributed by atoms with Crippen LogP contribution in [0.15, 0.2) is 5.16 Å². The molecule has 1 saturated carbocycles. The van der Waals surface area contributed by atoms with Crippen molar-refractivity contribution in [3.05, 3.63) is 5.82 Å². The molecule has 1 aromatic rings. The summed E-state index contributed by atoms with van der Waals surface area (Å²) < 4.78 is 2.06. The Morgan fingerprint density at radius 2 is 2.12 bits per heavy atom. The normalized spacial score (nSPS) is 25.9. The average molecular weight is 240 g/mol. The van der Waals surface area contributed by atoms with Crippen molar-refractivity contribution in [2.45, 2.75) is 43.0 Å². The SMILES string of the molecule is Cc1nnc(SC2CCCCC2CN)n1C. The number of nitrogens with zero attached hydrogens (tertiary/aromatic N) is 3. The Labute approximate surface area is 101 Å². The summed E-state index contributed by atoms with van der Waals surface area (Å²) in [6.07, 6.45) is 5.19. The van der Waals surface area contributed by atoms with Gasteiger partial charge in [0.05, 0.1) is 0 Å². The minimum absolute atomic E-state index is 0.626. The number of hydrogen-bond donors (Lipinski definition) is 1. The van der Waals surface area contributed by atoms with Gasteiger partial charge in [0, 0.05) is 12.3 Å². The molecule has 5 heteroatoms. The van der Waals surface area contributed by atoms with Gasteiger partial charge < -0.3 is 10.3 Å². The van der Waals surface area contributed by atoms with Gasteiger partial charge >= 0.3 is 0 Å². The fourth-order valence-electron chi connectivity index (χ4n) is 2.22. The predicted octanol–water partition coefficient (Wildman–Crippen LogP) is 1.73. The van der Waals surface area contributed by atoms with Crippen molar-refractivity contribution in [1.82, 2.24) is 14.8 Å². The third kappa shape index (κ3) is 2.40. The first-order valence-corrected chi connectivity index (χ1v) is 6.83. The summed E-state index contributed by atoms with van der Waals surface area (Å²) >= 11 is 1.85. The molecule has 1 aliphatic carbocycles. The second-order valence-corrected chi connectivity index (χ2v) is 5.73. The summed E-state index contributed by atoms with van der Waals surface area (Å²) in [6.45, 7) is 2.78. The van der Waals surface area contributed by atoms with E-state index in [1.165, 1.54) is 25.7 Å². The molecule has 2 rings (SSSR count). The lowest BCUT2D eigenvalue weighted by Crippen LogP contribution is -2.29. The molecule has 0 saturated heterocycles. The Balaban J connectivity index is 2.05. The number of aromatic nitrogens is 3. The van der Waals surface area contributed by atoms with E-state index >= 15 is 0 Å². The lowest BCUT2D eigenvalue weighted by molar-refractivity contribution is 0.377. The minimum atomic E-state index is 0.626. The van der Waals surface area contributed by atoms with E-state index in [1.54, 1.807) is 0 Å². The van der Waals surface area contributed by atoms with Gasteiger partial charge in [0.1, 0.15) is 5.82 Å². The summed E-state index contributed by atoms with van der Waals surface area (Å²) in [7, 11) is 2.03. The minimum Gasteiger partial charge on any atom is -0.330 e. The van der Waals surface area contributed by atoms with Crippen LogP contribution >= 0.6 is 11.8 Å². The van der Waals surface area contributed by atoms with Crippen LogP contribution in [-0.4, -0.2) is 26.6 Å². The van der Waals surface area contributed by atoms with Crippen molar-refractivity contribution < 1.29 is 0 Å². The van der Waals surface area contributed by atoms with Crippen LogP contribution < -0.4 is 5.73 Å². The summed E-state index contributed by atoms with van der Waals surface area (Å²) in [5.74, 6) is 1.62. The predicted molar refractivity (Wildman–Crippen MR) is 66.4 cm³/mol. The largest absolute Gasteiger partial charge is 0.330 e. The molecule has 0 amide bonds. The molecule has 2 unspecified atom stereocenters. The molecule has 1 heterocycles. The number of nitrogens with two attached hydrogens (primary N) is 1. The van der Waals surface area contributed by atoms with Crippen LogP contribution in [0.1, 0.15) is 31.5 Å². The summed E-state index contributed by atoms with van der Waals surface area (Å²) in [5.41, 5.74) is 5.83. The quantitative estimate of drug-likeness (QED) is 0.874. The molecular formula is C11H20N4S. The zero-order chi connectivity index (χ0) is 11.5. The maximum atomic E-state index is 5.83. The van der Waals surface area contributed by atoms with Crippen molar-refractivity contribution in [2.75, 3.05) is 6.54 Å². The molecule has 0 radical (unpaired) electrons. The van der Waals surface area contributed by atoms with E-state index < -0.39 is 0 Å². The van der Waals surface area contributed by atoms with Crippen LogP contribution in [0.25, 0.3) is 0 Å². The van der Waals surface area contributed by atoms with Gasteiger partial charge in [-0.15, -0.1) is 10.2 Å². The van der Waals surface area contributed by atoms with Gasteiger partial charge in [-0.2, -0.15) is 0 Å². The Hall–Kier alpha value is -0.550. The van der Waals surface area contributed by atoms with Crippen molar-refractivity contribution >= 4 is 11.8 Å². The summed E-state index contributed by atoms with van der Waals surface area (Å²) in [5, 5.41) is 9.96. The molecule has 1 fully saturated rings. The zero-order valence-electron chi connectivity index (χ0n) is 10.0. The second kappa shape index (κ2) is 5.19. The van der Waals surface area contributed by atoms with Gasteiger partial charge in [0.15, 0.2) is 5.16 Å². The Kier molecular flexibility index (Phi) is 3.86. The summed E-state index contributed by atoms with van der Waals surface area (Å²) in [4.78, 5) is 0. The first kappa shape index (κ1) is 11.9. The highest BCUT2D eigenvalue weighted by Gasteiger charge is 2.26. The van der Waals surface area contributed by atoms with Gasteiger partial charge in [-0.05, 0) is 32.2 Å². The third-order valence-corrected chi connectivity index (χ3v) is 4.94. The van der Waals surface area contributed by atoms with Gasteiger partial charge in [0.25, 0.3) is 0 Å². The molecule has 0 spiro atoms. The highest BCUT2D eigenvalue weighted by Crippen LogP contribution is 2.36. The van der Waals surface area contributed by atoms with Crippen LogP contribution in [-0.2, 0) is 7.05 Å². The highest BCUT2D eigenvalue weighted by atomic mass is 32.2. The molecule has 90 valence electrons. The monoisotopic (exact) mass is 240 g/mol. The highest BCUT2D eigenvalue weighted by molar-refractivity contribution is 7.99. The van der Waals surface area contributed by atoms with E-state index in [2.05, 4.69) is 14.8 Å². The Morgan fingerprint density at radius 1 is 1.38 bits per heavy atom. The molecular weight excluding hydrogens is 220 g/mol. The van der Waals surface area contributed by atoms with Crippen LogP contribution in [0.2, 0.25) is 0 Å². The molecule has 2 atom stereocenters. The second-order valence-electron chi connectivity index (χ2n) is 4.53. The summed E-state index contributed by atoms with van der Waals surface area (Å²) in [6, 6.07) is 0. The van der Waals surface area contributed by atoms with E-state index in [1.807, 2.05) is 25.7 Å². The van der Waals surface area contributed by atoms with Crippen LogP contribution in [0.3, 0.4) is 0 Å². The standard InChI is InChI=1S/C11H20N4S/c1-8-13-14-11(15(8)2)16-10-6-4-3-5-9(10)7-12/h9-10H,3-7,12H2,1-2H3. The van der Waals surface area contributed by atoms with Gasteiger partial charge in [-0.25, -0.2) is 0 Å². The van der Waals surface area contributed by atoms with Crippen LogP contribution in [0.4, 0.5) is 0 Å². The molecule has 4 nitrogen and oxygen atoms in total. The van der Waals surface area contributed by atoms with E-state index in [0.29, 0.717) is 11.2 Å². The van der Waals surface area contributed by atoms with Gasteiger partial charge in [-0.3, -0.25) is 0 Å². The van der Waals surface area contributed by atoms with Crippen LogP contribution in [0, 0.1) is 12.8 Å². The zero-order valence-corrected chi connectivity index (χ0v) is 10.8.